The smallest absolute Gasteiger partial charge is 0.188 e. The summed E-state index contributed by atoms with van der Waals surface area (Å²) in [7, 11) is 1.77. The summed E-state index contributed by atoms with van der Waals surface area (Å²) >= 11 is 0. The molecule has 0 amide bonds. The Morgan fingerprint density at radius 1 is 1.31 bits per heavy atom. The average Bonchev–Trinajstić information content (AvgIpc) is 2.70. The zero-order chi connectivity index (χ0) is 11.8. The topological polar surface area (TPSA) is 58.9 Å². The fraction of sp³-hybridized carbons (Fsp3) is 0.900. The van der Waals surface area contributed by atoms with Gasteiger partial charge in [-0.1, -0.05) is 13.8 Å². The first-order chi connectivity index (χ1) is 7.76. The lowest BCUT2D eigenvalue weighted by atomic mass is 10.3. The van der Waals surface area contributed by atoms with Crippen LogP contribution in [0.5, 0.6) is 0 Å². The maximum absolute atomic E-state index is 4.10. The number of nitrogens with one attached hydrogen (secondary N) is 1. The van der Waals surface area contributed by atoms with Crippen LogP contribution in [0.1, 0.15) is 26.1 Å². The number of aryl methyl sites for hydroxylation is 1. The van der Waals surface area contributed by atoms with Crippen LogP contribution in [0.25, 0.3) is 0 Å². The summed E-state index contributed by atoms with van der Waals surface area (Å²) < 4.78 is 0. The zero-order valence-corrected chi connectivity index (χ0v) is 10.5. The minimum absolute atomic E-state index is 0.700. The van der Waals surface area contributed by atoms with Gasteiger partial charge in [0.2, 0.25) is 0 Å². The van der Waals surface area contributed by atoms with E-state index in [4.69, 9.17) is 0 Å². The van der Waals surface area contributed by atoms with Crippen LogP contribution in [0, 0.1) is 0 Å². The first-order valence-corrected chi connectivity index (χ1v) is 5.92. The molecular formula is C10H22N6. The number of tetrazole rings is 1. The van der Waals surface area contributed by atoms with Gasteiger partial charge in [0, 0.05) is 0 Å². The molecule has 1 rings (SSSR count). The second-order valence-electron chi connectivity index (χ2n) is 3.75. The number of nitrogens with zero attached hydrogens (tertiary/aromatic N) is 5. The Labute approximate surface area is 97.0 Å². The van der Waals surface area contributed by atoms with E-state index in [0.717, 1.165) is 38.4 Å². The quantitative estimate of drug-likeness (QED) is 0.634. The molecule has 1 N–H and O–H groups in total. The van der Waals surface area contributed by atoms with Crippen molar-refractivity contribution in [2.75, 3.05) is 26.2 Å². The molecule has 1 aromatic heterocycles. The molecule has 16 heavy (non-hydrogen) atoms. The maximum Gasteiger partial charge on any atom is 0.188 e. The van der Waals surface area contributed by atoms with Gasteiger partial charge in [-0.15, -0.1) is 10.2 Å². The predicted octanol–water partition coefficient (Wildman–Crippen LogP) is 0.0316. The molecular weight excluding hydrogens is 204 g/mol. The van der Waals surface area contributed by atoms with E-state index in [2.05, 4.69) is 39.5 Å². The van der Waals surface area contributed by atoms with Crippen molar-refractivity contribution in [3.8, 4) is 0 Å². The Morgan fingerprint density at radius 2 is 2.06 bits per heavy atom. The van der Waals surface area contributed by atoms with Crippen molar-refractivity contribution in [3.05, 3.63) is 5.82 Å². The van der Waals surface area contributed by atoms with Gasteiger partial charge in [-0.2, -0.15) is 4.80 Å². The standard InChI is InChI=1S/C10H22N6/c1-4-16(5-2)8-6-7-11-9-10-12-14-15(3)13-10/h11H,4-9H2,1-3H3. The lowest BCUT2D eigenvalue weighted by Gasteiger charge is -2.17. The summed E-state index contributed by atoms with van der Waals surface area (Å²) in [5.41, 5.74) is 0. The Hall–Kier alpha value is -1.01. The Kier molecular flexibility index (Phi) is 5.95. The van der Waals surface area contributed by atoms with Gasteiger partial charge in [-0.05, 0) is 37.8 Å². The number of rotatable bonds is 8. The predicted molar refractivity (Wildman–Crippen MR) is 62.9 cm³/mol. The lowest BCUT2D eigenvalue weighted by molar-refractivity contribution is 0.298. The van der Waals surface area contributed by atoms with Crippen molar-refractivity contribution in [1.82, 2.24) is 30.4 Å². The first-order valence-electron chi connectivity index (χ1n) is 5.92. The average molecular weight is 226 g/mol. The minimum atomic E-state index is 0.700. The van der Waals surface area contributed by atoms with E-state index in [1.165, 1.54) is 4.80 Å². The van der Waals surface area contributed by atoms with Crippen LogP contribution < -0.4 is 5.32 Å². The van der Waals surface area contributed by atoms with Gasteiger partial charge in [-0.3, -0.25) is 0 Å². The molecule has 0 fully saturated rings. The molecule has 0 aliphatic carbocycles. The van der Waals surface area contributed by atoms with Gasteiger partial charge < -0.3 is 10.2 Å². The molecule has 0 radical (unpaired) electrons. The van der Waals surface area contributed by atoms with Crippen molar-refractivity contribution < 1.29 is 0 Å². The SMILES string of the molecule is CCN(CC)CCCNCc1nnn(C)n1. The fourth-order valence-corrected chi connectivity index (χ4v) is 1.56. The molecule has 0 unspecified atom stereocenters. The number of hydrogen-bond acceptors (Lipinski definition) is 5. The molecule has 1 aromatic rings. The third-order valence-electron chi connectivity index (χ3n) is 2.56. The summed E-state index contributed by atoms with van der Waals surface area (Å²) in [4.78, 5) is 3.90. The van der Waals surface area contributed by atoms with Crippen molar-refractivity contribution in [1.29, 1.82) is 0 Å². The molecule has 0 saturated heterocycles. The van der Waals surface area contributed by atoms with Crippen LogP contribution in [-0.4, -0.2) is 51.3 Å². The van der Waals surface area contributed by atoms with Crippen LogP contribution in [0.2, 0.25) is 0 Å². The van der Waals surface area contributed by atoms with Gasteiger partial charge in [0.15, 0.2) is 5.82 Å². The Bertz CT molecular complexity index is 281. The highest BCUT2D eigenvalue weighted by molar-refractivity contribution is 4.74. The molecule has 0 saturated carbocycles. The monoisotopic (exact) mass is 226 g/mol. The van der Waals surface area contributed by atoms with Gasteiger partial charge in [0.05, 0.1) is 13.6 Å². The summed E-state index contributed by atoms with van der Waals surface area (Å²) in [6, 6.07) is 0. The van der Waals surface area contributed by atoms with Crippen LogP contribution in [0.4, 0.5) is 0 Å². The van der Waals surface area contributed by atoms with Crippen molar-refractivity contribution >= 4 is 0 Å². The molecule has 6 nitrogen and oxygen atoms in total. The Balaban J connectivity index is 2.04. The van der Waals surface area contributed by atoms with Crippen molar-refractivity contribution in [2.24, 2.45) is 7.05 Å². The van der Waals surface area contributed by atoms with Gasteiger partial charge in [-0.25, -0.2) is 0 Å². The molecule has 0 aromatic carbocycles. The molecule has 0 aliphatic heterocycles. The zero-order valence-electron chi connectivity index (χ0n) is 10.5. The molecule has 1 heterocycles. The minimum Gasteiger partial charge on any atom is -0.310 e. The summed E-state index contributed by atoms with van der Waals surface area (Å²) in [6.07, 6.45) is 1.15. The fourth-order valence-electron chi connectivity index (χ4n) is 1.56. The molecule has 0 spiro atoms. The van der Waals surface area contributed by atoms with Crippen LogP contribution >= 0.6 is 0 Å². The van der Waals surface area contributed by atoms with Crippen molar-refractivity contribution in [3.63, 3.8) is 0 Å². The van der Waals surface area contributed by atoms with Gasteiger partial charge >= 0.3 is 0 Å². The Morgan fingerprint density at radius 3 is 2.62 bits per heavy atom. The van der Waals surface area contributed by atoms with E-state index >= 15 is 0 Å². The largest absolute Gasteiger partial charge is 0.310 e. The molecule has 0 bridgehead atoms. The number of aromatic nitrogens is 4. The van der Waals surface area contributed by atoms with Crippen LogP contribution in [0.3, 0.4) is 0 Å². The van der Waals surface area contributed by atoms with E-state index < -0.39 is 0 Å². The summed E-state index contributed by atoms with van der Waals surface area (Å²) in [6.45, 7) is 9.49. The van der Waals surface area contributed by atoms with E-state index in [1.807, 2.05) is 0 Å². The highest BCUT2D eigenvalue weighted by Gasteiger charge is 2.00. The molecule has 0 aliphatic rings. The molecule has 6 heteroatoms. The van der Waals surface area contributed by atoms with Crippen molar-refractivity contribution in [2.45, 2.75) is 26.8 Å². The van der Waals surface area contributed by atoms with E-state index in [-0.39, 0.29) is 0 Å². The van der Waals surface area contributed by atoms with E-state index in [9.17, 15) is 0 Å². The first kappa shape index (κ1) is 13.1. The second kappa shape index (κ2) is 7.29. The molecule has 92 valence electrons. The van der Waals surface area contributed by atoms with Gasteiger partial charge in [0.1, 0.15) is 0 Å². The highest BCUT2D eigenvalue weighted by Crippen LogP contribution is 1.90. The maximum atomic E-state index is 4.10. The van der Waals surface area contributed by atoms with E-state index in [0.29, 0.717) is 6.54 Å². The summed E-state index contributed by atoms with van der Waals surface area (Å²) in [5, 5.41) is 15.1. The van der Waals surface area contributed by atoms with E-state index in [1.54, 1.807) is 7.05 Å². The third-order valence-corrected chi connectivity index (χ3v) is 2.56. The lowest BCUT2D eigenvalue weighted by Crippen LogP contribution is -2.27. The van der Waals surface area contributed by atoms with Crippen LogP contribution in [0.15, 0.2) is 0 Å². The highest BCUT2D eigenvalue weighted by atomic mass is 15.6. The number of hydrogen-bond donors (Lipinski definition) is 1. The third kappa shape index (κ3) is 4.67. The summed E-state index contributed by atoms with van der Waals surface area (Å²) in [5.74, 6) is 0.755. The normalized spacial score (nSPS) is 11.2. The van der Waals surface area contributed by atoms with Gasteiger partial charge in [0.25, 0.3) is 0 Å². The molecule has 0 atom stereocenters. The van der Waals surface area contributed by atoms with Crippen LogP contribution in [-0.2, 0) is 13.6 Å². The second-order valence-corrected chi connectivity index (χ2v) is 3.75.